The number of rotatable bonds is 60. The molecule has 0 bridgehead atoms. The first kappa shape index (κ1) is 64.2. The summed E-state index contributed by atoms with van der Waals surface area (Å²) in [5.74, 6) is 1.33. The monoisotopic (exact) mass is 951 g/mol. The van der Waals surface area contributed by atoms with Crippen LogP contribution < -0.4 is 0 Å². The molecule has 0 saturated heterocycles. The first-order valence-electron chi connectivity index (χ1n) is 24.1. The third-order valence-electron chi connectivity index (χ3n) is 8.38. The van der Waals surface area contributed by atoms with E-state index in [1.165, 1.54) is 0 Å². The second-order valence-corrected chi connectivity index (χ2v) is 15.0. The Labute approximate surface area is 392 Å². The Morgan fingerprint density at radius 2 is 0.215 bits per heavy atom. The molecular formula is C46H94O19. The van der Waals surface area contributed by atoms with E-state index in [1.807, 2.05) is 0 Å². The molecule has 0 N–H and O–H groups in total. The van der Waals surface area contributed by atoms with E-state index >= 15 is 0 Å². The smallest absolute Gasteiger partial charge is 0.0701 e. The highest BCUT2D eigenvalue weighted by Gasteiger charge is 2.00. The third kappa shape index (κ3) is 63.2. The fourth-order valence-corrected chi connectivity index (χ4v) is 4.70. The maximum absolute atomic E-state index is 5.52. The maximum Gasteiger partial charge on any atom is 0.0701 e. The fourth-order valence-electron chi connectivity index (χ4n) is 4.70. The van der Waals surface area contributed by atoms with Crippen molar-refractivity contribution in [2.75, 3.05) is 251 Å². The van der Waals surface area contributed by atoms with Crippen molar-refractivity contribution in [3.05, 3.63) is 0 Å². The quantitative estimate of drug-likeness (QED) is 0.0811. The molecule has 0 amide bonds. The Bertz CT molecular complexity index is 772. The molecule has 0 spiro atoms. The van der Waals surface area contributed by atoms with Gasteiger partial charge in [0.15, 0.2) is 0 Å². The van der Waals surface area contributed by atoms with E-state index in [2.05, 4.69) is 27.7 Å². The van der Waals surface area contributed by atoms with Gasteiger partial charge in [-0.15, -0.1) is 0 Å². The lowest BCUT2D eigenvalue weighted by atomic mass is 10.1. The van der Waals surface area contributed by atoms with Crippen LogP contribution in [0.2, 0.25) is 0 Å². The predicted octanol–water partition coefficient (Wildman–Crippen LogP) is 3.39. The maximum atomic E-state index is 5.52. The van der Waals surface area contributed by atoms with Gasteiger partial charge in [0.05, 0.1) is 238 Å². The molecule has 0 aliphatic heterocycles. The van der Waals surface area contributed by atoms with Crippen molar-refractivity contribution in [1.82, 2.24) is 0 Å². The average Bonchev–Trinajstić information content (AvgIpc) is 3.29. The summed E-state index contributed by atoms with van der Waals surface area (Å²) in [6.45, 7) is 29.2. The Kier molecular flexibility index (Phi) is 58.7. The molecule has 0 aromatic heterocycles. The van der Waals surface area contributed by atoms with Crippen LogP contribution in [0.3, 0.4) is 0 Å². The summed E-state index contributed by atoms with van der Waals surface area (Å²) in [5.41, 5.74) is 0. The second-order valence-electron chi connectivity index (χ2n) is 15.0. The van der Waals surface area contributed by atoms with Crippen LogP contribution in [0.25, 0.3) is 0 Å². The van der Waals surface area contributed by atoms with Crippen LogP contribution in [0.5, 0.6) is 0 Å². The lowest BCUT2D eigenvalue weighted by Crippen LogP contribution is -2.16. The molecule has 0 aromatic rings. The molecule has 0 aromatic carbocycles. The molecule has 0 aliphatic carbocycles. The first-order chi connectivity index (χ1) is 32.1. The SMILES string of the molecule is CC(C)CCOCCOCCOCCOCCOCCOCCOCCOCCOCCOCCOCCOCCOCCOCCOCCOCCOCCOCCOCCC(C)C. The molecule has 0 atom stereocenters. The van der Waals surface area contributed by atoms with Crippen molar-refractivity contribution in [1.29, 1.82) is 0 Å². The van der Waals surface area contributed by atoms with Gasteiger partial charge in [-0.2, -0.15) is 0 Å². The Morgan fingerprint density at radius 3 is 0.292 bits per heavy atom. The number of ether oxygens (including phenoxy) is 19. The number of hydrogen-bond acceptors (Lipinski definition) is 19. The summed E-state index contributed by atoms with van der Waals surface area (Å²) < 4.78 is 105. The molecule has 0 unspecified atom stereocenters. The van der Waals surface area contributed by atoms with Gasteiger partial charge in [-0.05, 0) is 24.7 Å². The summed E-state index contributed by atoms with van der Waals surface area (Å²) in [5, 5.41) is 0. The standard InChI is InChI=1S/C46H94O19/c1-45(2)5-7-47-9-11-49-13-15-51-17-19-53-21-23-55-25-27-57-29-31-59-33-35-61-37-39-63-41-43-65-44-42-64-40-38-62-36-34-60-32-30-58-28-26-56-24-22-54-20-18-52-16-14-50-12-10-48-8-6-46(3)4/h45-46H,5-44H2,1-4H3. The highest BCUT2D eigenvalue weighted by molar-refractivity contribution is 4.45. The minimum Gasteiger partial charge on any atom is -0.379 e. The molecule has 0 radical (unpaired) electrons. The average molecular weight is 951 g/mol. The van der Waals surface area contributed by atoms with Gasteiger partial charge in [0.1, 0.15) is 0 Å². The molecule has 19 nitrogen and oxygen atoms in total. The van der Waals surface area contributed by atoms with Gasteiger partial charge in [0.2, 0.25) is 0 Å². The van der Waals surface area contributed by atoms with Crippen LogP contribution in [-0.2, 0) is 90.0 Å². The minimum atomic E-state index is 0.497. The van der Waals surface area contributed by atoms with Gasteiger partial charge in [0, 0.05) is 13.2 Å². The fraction of sp³-hybridized carbons (Fsp3) is 1.00. The summed E-state index contributed by atoms with van der Waals surface area (Å²) in [6, 6.07) is 0. The Balaban J connectivity index is 3.07. The first-order valence-corrected chi connectivity index (χ1v) is 24.1. The molecule has 0 heterocycles. The van der Waals surface area contributed by atoms with E-state index in [0.717, 1.165) is 26.1 Å². The summed E-state index contributed by atoms with van der Waals surface area (Å²) >= 11 is 0. The van der Waals surface area contributed by atoms with Crippen LogP contribution in [0, 0.1) is 11.8 Å². The van der Waals surface area contributed by atoms with E-state index in [4.69, 9.17) is 90.0 Å². The summed E-state index contributed by atoms with van der Waals surface area (Å²) in [6.07, 6.45) is 2.15. The van der Waals surface area contributed by atoms with Crippen LogP contribution in [0.15, 0.2) is 0 Å². The van der Waals surface area contributed by atoms with E-state index in [9.17, 15) is 0 Å². The number of hydrogen-bond donors (Lipinski definition) is 0. The highest BCUT2D eigenvalue weighted by Crippen LogP contribution is 1.99. The van der Waals surface area contributed by atoms with Gasteiger partial charge in [-0.1, -0.05) is 27.7 Å². The molecule has 0 fully saturated rings. The minimum absolute atomic E-state index is 0.497. The van der Waals surface area contributed by atoms with Crippen molar-refractivity contribution in [2.45, 2.75) is 40.5 Å². The van der Waals surface area contributed by atoms with E-state index in [-0.39, 0.29) is 0 Å². The molecule has 0 aliphatic rings. The zero-order valence-corrected chi connectivity index (χ0v) is 41.2. The van der Waals surface area contributed by atoms with Crippen molar-refractivity contribution in [3.8, 4) is 0 Å². The van der Waals surface area contributed by atoms with Crippen molar-refractivity contribution in [2.24, 2.45) is 11.8 Å². The lowest BCUT2D eigenvalue weighted by molar-refractivity contribution is -0.0312. The van der Waals surface area contributed by atoms with Gasteiger partial charge in [-0.3, -0.25) is 0 Å². The van der Waals surface area contributed by atoms with Crippen molar-refractivity contribution in [3.63, 3.8) is 0 Å². The van der Waals surface area contributed by atoms with Gasteiger partial charge < -0.3 is 90.0 Å². The van der Waals surface area contributed by atoms with Crippen molar-refractivity contribution < 1.29 is 90.0 Å². The molecule has 65 heavy (non-hydrogen) atoms. The van der Waals surface area contributed by atoms with Crippen LogP contribution in [-0.4, -0.2) is 251 Å². The molecule has 19 heteroatoms. The van der Waals surface area contributed by atoms with E-state index in [1.54, 1.807) is 0 Å². The van der Waals surface area contributed by atoms with Gasteiger partial charge in [0.25, 0.3) is 0 Å². The van der Waals surface area contributed by atoms with E-state index < -0.39 is 0 Å². The zero-order valence-electron chi connectivity index (χ0n) is 41.2. The topological polar surface area (TPSA) is 175 Å². The second kappa shape index (κ2) is 59.4. The van der Waals surface area contributed by atoms with Gasteiger partial charge >= 0.3 is 0 Å². The molecule has 392 valence electrons. The van der Waals surface area contributed by atoms with Crippen LogP contribution >= 0.6 is 0 Å². The highest BCUT2D eigenvalue weighted by atomic mass is 16.6. The van der Waals surface area contributed by atoms with E-state index in [0.29, 0.717) is 250 Å². The summed E-state index contributed by atoms with van der Waals surface area (Å²) in [7, 11) is 0. The molecular weight excluding hydrogens is 856 g/mol. The third-order valence-corrected chi connectivity index (χ3v) is 8.38. The Morgan fingerprint density at radius 1 is 0.138 bits per heavy atom. The van der Waals surface area contributed by atoms with Crippen LogP contribution in [0.1, 0.15) is 40.5 Å². The molecule has 0 saturated carbocycles. The lowest BCUT2D eigenvalue weighted by Gasteiger charge is -2.09. The zero-order chi connectivity index (χ0) is 46.9. The Hall–Kier alpha value is -0.760. The predicted molar refractivity (Wildman–Crippen MR) is 244 cm³/mol. The molecule has 0 rings (SSSR count). The van der Waals surface area contributed by atoms with Crippen molar-refractivity contribution >= 4 is 0 Å². The van der Waals surface area contributed by atoms with Gasteiger partial charge in [-0.25, -0.2) is 0 Å². The normalized spacial score (nSPS) is 11.9. The summed E-state index contributed by atoms with van der Waals surface area (Å²) in [4.78, 5) is 0. The van der Waals surface area contributed by atoms with Crippen LogP contribution in [0.4, 0.5) is 0 Å². The largest absolute Gasteiger partial charge is 0.379 e.